The lowest BCUT2D eigenvalue weighted by molar-refractivity contribution is -0.0226. The summed E-state index contributed by atoms with van der Waals surface area (Å²) in [7, 11) is 0. The number of hydrogen-bond donors (Lipinski definition) is 1. The first-order valence-corrected chi connectivity index (χ1v) is 10.1. The van der Waals surface area contributed by atoms with E-state index in [0.717, 1.165) is 24.2 Å². The maximum absolute atomic E-state index is 13.4. The summed E-state index contributed by atoms with van der Waals surface area (Å²) in [5.74, 6) is -2.00. The average Bonchev–Trinajstić information content (AvgIpc) is 3.16. The Labute approximate surface area is 171 Å². The van der Waals surface area contributed by atoms with E-state index in [0.29, 0.717) is 35.0 Å². The van der Waals surface area contributed by atoms with Gasteiger partial charge in [0.15, 0.2) is 5.58 Å². The van der Waals surface area contributed by atoms with Crippen LogP contribution in [0, 0.1) is 0 Å². The van der Waals surface area contributed by atoms with Crippen LogP contribution in [0.1, 0.15) is 35.2 Å². The standard InChI is InChI=1S/C22H21F2N3O3/c23-22(24)7-9-27(10-8-22)21-26-17-13-16(4-6-19(17)30-21)25-20(28)15-3-5-18-14(12-15)2-1-11-29-18/h3-6,12-13H,1-2,7-11H2,(H,25,28). The average molecular weight is 413 g/mol. The molecule has 156 valence electrons. The number of aromatic nitrogens is 1. The molecule has 3 aromatic rings. The van der Waals surface area contributed by atoms with E-state index in [9.17, 15) is 13.6 Å². The Hall–Kier alpha value is -3.16. The molecular formula is C22H21F2N3O3. The van der Waals surface area contributed by atoms with E-state index in [1.54, 1.807) is 29.2 Å². The summed E-state index contributed by atoms with van der Waals surface area (Å²) in [4.78, 5) is 18.8. The molecular weight excluding hydrogens is 392 g/mol. The summed E-state index contributed by atoms with van der Waals surface area (Å²) in [5, 5.41) is 2.88. The highest BCUT2D eigenvalue weighted by atomic mass is 19.3. The van der Waals surface area contributed by atoms with Crippen LogP contribution >= 0.6 is 0 Å². The molecule has 2 aliphatic heterocycles. The lowest BCUT2D eigenvalue weighted by Gasteiger charge is -2.30. The van der Waals surface area contributed by atoms with Crippen LogP contribution in [-0.2, 0) is 6.42 Å². The van der Waals surface area contributed by atoms with E-state index < -0.39 is 5.92 Å². The van der Waals surface area contributed by atoms with Crippen molar-refractivity contribution in [3.8, 4) is 5.75 Å². The zero-order chi connectivity index (χ0) is 20.7. The lowest BCUT2D eigenvalue weighted by Crippen LogP contribution is -2.39. The molecule has 3 heterocycles. The predicted octanol–water partition coefficient (Wildman–Crippen LogP) is 4.64. The number of anilines is 2. The molecule has 1 fully saturated rings. The number of ether oxygens (including phenoxy) is 1. The van der Waals surface area contributed by atoms with Crippen LogP contribution in [0.5, 0.6) is 5.75 Å². The van der Waals surface area contributed by atoms with Gasteiger partial charge in [0.2, 0.25) is 0 Å². The molecule has 0 atom stereocenters. The SMILES string of the molecule is O=C(Nc1ccc2oc(N3CCC(F)(F)CC3)nc2c1)c1ccc2c(c1)CCCO2. The minimum absolute atomic E-state index is 0.200. The number of carbonyl (C=O) groups excluding carboxylic acids is 1. The van der Waals surface area contributed by atoms with Crippen LogP contribution in [-0.4, -0.2) is 36.5 Å². The molecule has 0 aliphatic carbocycles. The molecule has 0 radical (unpaired) electrons. The van der Waals surface area contributed by atoms with Crippen molar-refractivity contribution >= 4 is 28.7 Å². The maximum Gasteiger partial charge on any atom is 0.298 e. The van der Waals surface area contributed by atoms with E-state index in [2.05, 4.69) is 10.3 Å². The van der Waals surface area contributed by atoms with E-state index in [1.165, 1.54) is 0 Å². The third kappa shape index (κ3) is 3.69. The Morgan fingerprint density at radius 1 is 1.13 bits per heavy atom. The Kier molecular flexibility index (Phi) is 4.56. The predicted molar refractivity (Wildman–Crippen MR) is 109 cm³/mol. The van der Waals surface area contributed by atoms with E-state index in [1.807, 2.05) is 12.1 Å². The molecule has 6 nitrogen and oxygen atoms in total. The van der Waals surface area contributed by atoms with Crippen LogP contribution < -0.4 is 15.0 Å². The van der Waals surface area contributed by atoms with Gasteiger partial charge in [0.25, 0.3) is 17.8 Å². The number of nitrogens with one attached hydrogen (secondary N) is 1. The maximum atomic E-state index is 13.4. The van der Waals surface area contributed by atoms with Crippen molar-refractivity contribution < 1.29 is 22.7 Å². The van der Waals surface area contributed by atoms with Gasteiger partial charge in [-0.2, -0.15) is 4.98 Å². The summed E-state index contributed by atoms with van der Waals surface area (Å²) in [6.45, 7) is 1.11. The second-order valence-electron chi connectivity index (χ2n) is 7.75. The molecule has 2 aliphatic rings. The first-order chi connectivity index (χ1) is 14.5. The molecule has 0 saturated carbocycles. The quantitative estimate of drug-likeness (QED) is 0.678. The van der Waals surface area contributed by atoms with Gasteiger partial charge < -0.3 is 19.4 Å². The molecule has 1 saturated heterocycles. The van der Waals surface area contributed by atoms with E-state index in [4.69, 9.17) is 9.15 Å². The van der Waals surface area contributed by atoms with Crippen LogP contribution in [0.4, 0.5) is 20.5 Å². The van der Waals surface area contributed by atoms with Crippen molar-refractivity contribution in [1.29, 1.82) is 0 Å². The first-order valence-electron chi connectivity index (χ1n) is 10.1. The molecule has 1 amide bonds. The number of aryl methyl sites for hydroxylation is 1. The number of benzene rings is 2. The second kappa shape index (κ2) is 7.27. The van der Waals surface area contributed by atoms with Crippen LogP contribution in [0.25, 0.3) is 11.1 Å². The normalized spacial score (nSPS) is 18.0. The summed E-state index contributed by atoms with van der Waals surface area (Å²) in [6, 6.07) is 11.0. The van der Waals surface area contributed by atoms with Crippen molar-refractivity contribution in [1.82, 2.24) is 4.98 Å². The number of halogens is 2. The van der Waals surface area contributed by atoms with Gasteiger partial charge in [0.05, 0.1) is 6.61 Å². The first kappa shape index (κ1) is 18.8. The zero-order valence-corrected chi connectivity index (χ0v) is 16.3. The molecule has 30 heavy (non-hydrogen) atoms. The molecule has 2 aromatic carbocycles. The summed E-state index contributed by atoms with van der Waals surface area (Å²) in [6.07, 6.45) is 1.42. The van der Waals surface area contributed by atoms with Gasteiger partial charge in [0.1, 0.15) is 11.3 Å². The monoisotopic (exact) mass is 413 g/mol. The molecule has 0 bridgehead atoms. The number of nitrogens with zero attached hydrogens (tertiary/aromatic N) is 2. The highest BCUT2D eigenvalue weighted by molar-refractivity contribution is 6.05. The summed E-state index contributed by atoms with van der Waals surface area (Å²) < 4.78 is 38.1. The Morgan fingerprint density at radius 3 is 2.80 bits per heavy atom. The smallest absolute Gasteiger partial charge is 0.298 e. The number of rotatable bonds is 3. The third-order valence-corrected chi connectivity index (χ3v) is 5.57. The number of piperidine rings is 1. The van der Waals surface area contributed by atoms with Gasteiger partial charge in [-0.1, -0.05) is 0 Å². The molecule has 5 rings (SSSR count). The number of alkyl halides is 2. The molecule has 0 unspecified atom stereocenters. The van der Waals surface area contributed by atoms with Crippen LogP contribution in [0.3, 0.4) is 0 Å². The molecule has 8 heteroatoms. The minimum Gasteiger partial charge on any atom is -0.493 e. The van der Waals surface area contributed by atoms with Crippen molar-refractivity contribution in [3.63, 3.8) is 0 Å². The molecule has 1 N–H and O–H groups in total. The van der Waals surface area contributed by atoms with Gasteiger partial charge in [-0.05, 0) is 54.8 Å². The van der Waals surface area contributed by atoms with Crippen molar-refractivity contribution in [2.75, 3.05) is 29.9 Å². The second-order valence-corrected chi connectivity index (χ2v) is 7.75. The largest absolute Gasteiger partial charge is 0.493 e. The van der Waals surface area contributed by atoms with Crippen LogP contribution in [0.15, 0.2) is 40.8 Å². The van der Waals surface area contributed by atoms with Crippen molar-refractivity contribution in [2.45, 2.75) is 31.6 Å². The number of fused-ring (bicyclic) bond motifs is 2. The van der Waals surface area contributed by atoms with E-state index in [-0.39, 0.29) is 31.8 Å². The number of carbonyl (C=O) groups is 1. The molecule has 1 aromatic heterocycles. The lowest BCUT2D eigenvalue weighted by atomic mass is 10.0. The van der Waals surface area contributed by atoms with Gasteiger partial charge in [0, 0.05) is 37.2 Å². The zero-order valence-electron chi connectivity index (χ0n) is 16.3. The summed E-state index contributed by atoms with van der Waals surface area (Å²) >= 11 is 0. The minimum atomic E-state index is -2.62. The Morgan fingerprint density at radius 2 is 1.97 bits per heavy atom. The fourth-order valence-electron chi connectivity index (χ4n) is 3.86. The van der Waals surface area contributed by atoms with Gasteiger partial charge in [-0.15, -0.1) is 0 Å². The third-order valence-electron chi connectivity index (χ3n) is 5.57. The number of hydrogen-bond acceptors (Lipinski definition) is 5. The van der Waals surface area contributed by atoms with Gasteiger partial charge >= 0.3 is 0 Å². The number of amides is 1. The highest BCUT2D eigenvalue weighted by Crippen LogP contribution is 2.32. The van der Waals surface area contributed by atoms with Gasteiger partial charge in [-0.25, -0.2) is 8.78 Å². The van der Waals surface area contributed by atoms with Gasteiger partial charge in [-0.3, -0.25) is 4.79 Å². The Balaban J connectivity index is 1.32. The van der Waals surface area contributed by atoms with Crippen LogP contribution in [0.2, 0.25) is 0 Å². The molecule has 0 spiro atoms. The topological polar surface area (TPSA) is 67.6 Å². The number of oxazole rings is 1. The fraction of sp³-hybridized carbons (Fsp3) is 0.364. The highest BCUT2D eigenvalue weighted by Gasteiger charge is 2.35. The van der Waals surface area contributed by atoms with E-state index >= 15 is 0 Å². The van der Waals surface area contributed by atoms with Crippen molar-refractivity contribution in [2.24, 2.45) is 0 Å². The van der Waals surface area contributed by atoms with Crippen molar-refractivity contribution in [3.05, 3.63) is 47.5 Å². The summed E-state index contributed by atoms with van der Waals surface area (Å²) in [5.41, 5.74) is 3.31. The Bertz CT molecular complexity index is 1100. The fourth-order valence-corrected chi connectivity index (χ4v) is 3.86.